The van der Waals surface area contributed by atoms with Crippen molar-refractivity contribution >= 4 is 28.3 Å². The average Bonchev–Trinajstić information content (AvgIpc) is 2.47. The van der Waals surface area contributed by atoms with Gasteiger partial charge in [0.15, 0.2) is 5.13 Å². The standard InChI is InChI=1S/C6H7N3O3S/c7-6-9-3(2-13-6)5(12)8-1-4(10)11/h2H,1H2,(H2,7,9)(H,8,12)(H,10,11). The summed E-state index contributed by atoms with van der Waals surface area (Å²) in [6, 6.07) is 0. The number of carbonyl (C=O) groups excluding carboxylic acids is 1. The third-order valence-electron chi connectivity index (χ3n) is 1.15. The lowest BCUT2D eigenvalue weighted by Gasteiger charge is -1.96. The van der Waals surface area contributed by atoms with E-state index in [9.17, 15) is 9.59 Å². The van der Waals surface area contributed by atoms with E-state index < -0.39 is 18.4 Å². The van der Waals surface area contributed by atoms with E-state index in [0.29, 0.717) is 0 Å². The smallest absolute Gasteiger partial charge is 0.322 e. The van der Waals surface area contributed by atoms with Gasteiger partial charge in [-0.25, -0.2) is 4.98 Å². The highest BCUT2D eigenvalue weighted by molar-refractivity contribution is 7.13. The minimum atomic E-state index is -1.10. The van der Waals surface area contributed by atoms with Gasteiger partial charge in [0.1, 0.15) is 12.2 Å². The van der Waals surface area contributed by atoms with Gasteiger partial charge in [0.2, 0.25) is 0 Å². The van der Waals surface area contributed by atoms with Crippen LogP contribution in [0.4, 0.5) is 5.13 Å². The van der Waals surface area contributed by atoms with Crippen LogP contribution >= 0.6 is 11.3 Å². The number of aliphatic carboxylic acids is 1. The Bertz CT molecular complexity index is 336. The maximum absolute atomic E-state index is 11.1. The van der Waals surface area contributed by atoms with Crippen LogP contribution in [0.5, 0.6) is 0 Å². The number of carboxylic acids is 1. The topological polar surface area (TPSA) is 105 Å². The van der Waals surface area contributed by atoms with Crippen molar-refractivity contribution in [1.82, 2.24) is 10.3 Å². The summed E-state index contributed by atoms with van der Waals surface area (Å²) in [6.45, 7) is -0.420. The van der Waals surface area contributed by atoms with E-state index in [-0.39, 0.29) is 10.8 Å². The van der Waals surface area contributed by atoms with E-state index in [1.54, 1.807) is 0 Å². The zero-order valence-electron chi connectivity index (χ0n) is 6.48. The van der Waals surface area contributed by atoms with Gasteiger partial charge in [0.25, 0.3) is 5.91 Å². The molecule has 13 heavy (non-hydrogen) atoms. The van der Waals surface area contributed by atoms with Crippen LogP contribution < -0.4 is 11.1 Å². The van der Waals surface area contributed by atoms with Crippen molar-refractivity contribution in [1.29, 1.82) is 0 Å². The lowest BCUT2D eigenvalue weighted by Crippen LogP contribution is -2.29. The first kappa shape index (κ1) is 9.46. The molecule has 1 aromatic heterocycles. The molecule has 0 saturated carbocycles. The summed E-state index contributed by atoms with van der Waals surface area (Å²) in [4.78, 5) is 24.8. The molecule has 7 heteroatoms. The van der Waals surface area contributed by atoms with Crippen LogP contribution in [0.15, 0.2) is 5.38 Å². The third kappa shape index (κ3) is 2.71. The summed E-state index contributed by atoms with van der Waals surface area (Å²) in [6.07, 6.45) is 0. The maximum Gasteiger partial charge on any atom is 0.322 e. The van der Waals surface area contributed by atoms with E-state index in [0.717, 1.165) is 11.3 Å². The number of aromatic nitrogens is 1. The van der Waals surface area contributed by atoms with Crippen LogP contribution in [0.3, 0.4) is 0 Å². The van der Waals surface area contributed by atoms with Gasteiger partial charge in [-0.15, -0.1) is 11.3 Å². The molecule has 0 aliphatic heterocycles. The molecule has 1 rings (SSSR count). The first-order valence-electron chi connectivity index (χ1n) is 3.30. The number of anilines is 1. The van der Waals surface area contributed by atoms with Crippen LogP contribution in [0, 0.1) is 0 Å². The van der Waals surface area contributed by atoms with E-state index in [4.69, 9.17) is 10.8 Å². The first-order chi connectivity index (χ1) is 6.09. The third-order valence-corrected chi connectivity index (χ3v) is 1.83. The molecule has 0 aliphatic carbocycles. The largest absolute Gasteiger partial charge is 0.480 e. The van der Waals surface area contributed by atoms with Gasteiger partial charge in [0.05, 0.1) is 0 Å². The molecular weight excluding hydrogens is 194 g/mol. The van der Waals surface area contributed by atoms with Gasteiger partial charge in [-0.1, -0.05) is 0 Å². The molecule has 70 valence electrons. The predicted octanol–water partition coefficient (Wildman–Crippen LogP) is -0.460. The van der Waals surface area contributed by atoms with Crippen molar-refractivity contribution in [3.8, 4) is 0 Å². The van der Waals surface area contributed by atoms with Crippen molar-refractivity contribution in [3.05, 3.63) is 11.1 Å². The minimum Gasteiger partial charge on any atom is -0.480 e. The van der Waals surface area contributed by atoms with Gasteiger partial charge >= 0.3 is 5.97 Å². The van der Waals surface area contributed by atoms with Crippen molar-refractivity contribution in [3.63, 3.8) is 0 Å². The van der Waals surface area contributed by atoms with Gasteiger partial charge in [-0.05, 0) is 0 Å². The second-order valence-electron chi connectivity index (χ2n) is 2.15. The zero-order valence-corrected chi connectivity index (χ0v) is 7.30. The summed E-state index contributed by atoms with van der Waals surface area (Å²) in [5, 5.41) is 12.2. The summed E-state index contributed by atoms with van der Waals surface area (Å²) in [5.74, 6) is -1.63. The lowest BCUT2D eigenvalue weighted by atomic mass is 10.4. The number of carbonyl (C=O) groups is 2. The number of rotatable bonds is 3. The molecule has 0 fully saturated rings. The Morgan fingerprint density at radius 3 is 2.85 bits per heavy atom. The van der Waals surface area contributed by atoms with Crippen molar-refractivity contribution in [2.24, 2.45) is 0 Å². The molecule has 0 aromatic carbocycles. The average molecular weight is 201 g/mol. The quantitative estimate of drug-likeness (QED) is 0.613. The fourth-order valence-electron chi connectivity index (χ4n) is 0.638. The van der Waals surface area contributed by atoms with E-state index in [2.05, 4.69) is 10.3 Å². The van der Waals surface area contributed by atoms with Gasteiger partial charge in [0, 0.05) is 5.38 Å². The Balaban J connectivity index is 2.54. The number of nitrogens with two attached hydrogens (primary N) is 1. The molecule has 0 radical (unpaired) electrons. The number of nitrogens with zero attached hydrogens (tertiary/aromatic N) is 1. The predicted molar refractivity (Wildman–Crippen MR) is 46.5 cm³/mol. The number of nitrogen functional groups attached to an aromatic ring is 1. The Labute approximate surface area is 77.4 Å². The van der Waals surface area contributed by atoms with Crippen LogP contribution in [-0.4, -0.2) is 28.5 Å². The maximum atomic E-state index is 11.1. The molecule has 1 heterocycles. The molecule has 0 saturated heterocycles. The minimum absolute atomic E-state index is 0.142. The van der Waals surface area contributed by atoms with Gasteiger partial charge in [-0.3, -0.25) is 9.59 Å². The zero-order chi connectivity index (χ0) is 9.84. The Hall–Kier alpha value is -1.63. The summed E-state index contributed by atoms with van der Waals surface area (Å²) in [7, 11) is 0. The number of nitrogens with one attached hydrogen (secondary N) is 1. The molecular formula is C6H7N3O3S. The molecule has 4 N–H and O–H groups in total. The molecule has 0 atom stereocenters. The molecule has 1 aromatic rings. The Morgan fingerprint density at radius 2 is 2.38 bits per heavy atom. The van der Waals surface area contributed by atoms with E-state index >= 15 is 0 Å². The monoisotopic (exact) mass is 201 g/mol. The molecule has 6 nitrogen and oxygen atoms in total. The molecule has 0 aliphatic rings. The normalized spacial score (nSPS) is 9.54. The van der Waals surface area contributed by atoms with Crippen LogP contribution in [0.1, 0.15) is 10.5 Å². The summed E-state index contributed by atoms with van der Waals surface area (Å²) in [5.41, 5.74) is 5.43. The number of amides is 1. The number of hydrogen-bond acceptors (Lipinski definition) is 5. The second kappa shape index (κ2) is 3.85. The number of carboxylic acid groups (broad SMARTS) is 1. The van der Waals surface area contributed by atoms with Crippen LogP contribution in [0.25, 0.3) is 0 Å². The highest BCUT2D eigenvalue weighted by Gasteiger charge is 2.09. The van der Waals surface area contributed by atoms with Crippen molar-refractivity contribution in [2.45, 2.75) is 0 Å². The highest BCUT2D eigenvalue weighted by Crippen LogP contribution is 2.10. The molecule has 0 spiro atoms. The van der Waals surface area contributed by atoms with Crippen LogP contribution in [-0.2, 0) is 4.79 Å². The second-order valence-corrected chi connectivity index (χ2v) is 3.04. The summed E-state index contributed by atoms with van der Waals surface area (Å²) >= 11 is 1.13. The lowest BCUT2D eigenvalue weighted by molar-refractivity contribution is -0.135. The van der Waals surface area contributed by atoms with Crippen molar-refractivity contribution < 1.29 is 14.7 Å². The first-order valence-corrected chi connectivity index (χ1v) is 4.18. The highest BCUT2D eigenvalue weighted by atomic mass is 32.1. The molecule has 0 unspecified atom stereocenters. The van der Waals surface area contributed by atoms with Gasteiger partial charge in [-0.2, -0.15) is 0 Å². The number of thiazole rings is 1. The Morgan fingerprint density at radius 1 is 1.69 bits per heavy atom. The molecule has 0 bridgehead atoms. The van der Waals surface area contributed by atoms with Crippen LogP contribution in [0.2, 0.25) is 0 Å². The van der Waals surface area contributed by atoms with E-state index in [1.807, 2.05) is 0 Å². The number of hydrogen-bond donors (Lipinski definition) is 3. The Kier molecular flexibility index (Phi) is 2.80. The fraction of sp³-hybridized carbons (Fsp3) is 0.167. The molecule has 1 amide bonds. The fourth-order valence-corrected chi connectivity index (χ4v) is 1.18. The summed E-state index contributed by atoms with van der Waals surface area (Å²) < 4.78 is 0. The van der Waals surface area contributed by atoms with E-state index in [1.165, 1.54) is 5.38 Å². The van der Waals surface area contributed by atoms with Gasteiger partial charge < -0.3 is 16.2 Å². The SMILES string of the molecule is Nc1nc(C(=O)NCC(=O)O)cs1. The van der Waals surface area contributed by atoms with Crippen molar-refractivity contribution in [2.75, 3.05) is 12.3 Å².